The predicted octanol–water partition coefficient (Wildman–Crippen LogP) is 3.15. The molecule has 0 saturated heterocycles. The van der Waals surface area contributed by atoms with Crippen molar-refractivity contribution in [1.82, 2.24) is 9.97 Å². The number of hydrogen-bond donors (Lipinski definition) is 2. The molecule has 3 N–H and O–H groups in total. The SMILES string of the molecule is NCCCCc1nc2cc(Cl)c(Cl)cc2[nH]1. The van der Waals surface area contributed by atoms with Gasteiger partial charge in [-0.25, -0.2) is 4.98 Å². The van der Waals surface area contributed by atoms with Crippen LogP contribution in [0.5, 0.6) is 0 Å². The third-order valence-electron chi connectivity index (χ3n) is 2.44. The molecule has 3 nitrogen and oxygen atoms in total. The maximum atomic E-state index is 5.93. The fourth-order valence-corrected chi connectivity index (χ4v) is 1.93. The van der Waals surface area contributed by atoms with Crippen molar-refractivity contribution in [2.45, 2.75) is 19.3 Å². The van der Waals surface area contributed by atoms with Gasteiger partial charge in [-0.15, -0.1) is 0 Å². The van der Waals surface area contributed by atoms with Crippen LogP contribution in [-0.2, 0) is 6.42 Å². The Bertz CT molecular complexity index is 454. The zero-order valence-electron chi connectivity index (χ0n) is 8.76. The molecule has 86 valence electrons. The monoisotopic (exact) mass is 257 g/mol. The van der Waals surface area contributed by atoms with Gasteiger partial charge in [-0.2, -0.15) is 0 Å². The first-order valence-electron chi connectivity index (χ1n) is 5.24. The Hall–Kier alpha value is -0.770. The van der Waals surface area contributed by atoms with Crippen molar-refractivity contribution in [3.05, 3.63) is 28.0 Å². The van der Waals surface area contributed by atoms with E-state index < -0.39 is 0 Å². The largest absolute Gasteiger partial charge is 0.342 e. The molecule has 0 saturated carbocycles. The Morgan fingerprint density at radius 3 is 2.69 bits per heavy atom. The summed E-state index contributed by atoms with van der Waals surface area (Å²) in [5.41, 5.74) is 7.23. The van der Waals surface area contributed by atoms with Crippen molar-refractivity contribution in [3.63, 3.8) is 0 Å². The minimum Gasteiger partial charge on any atom is -0.342 e. The Kier molecular flexibility index (Phi) is 3.69. The molecule has 1 aromatic heterocycles. The predicted molar refractivity (Wildman–Crippen MR) is 68.1 cm³/mol. The van der Waals surface area contributed by atoms with Crippen LogP contribution in [0.25, 0.3) is 11.0 Å². The van der Waals surface area contributed by atoms with Crippen LogP contribution in [0.15, 0.2) is 12.1 Å². The topological polar surface area (TPSA) is 54.7 Å². The molecule has 2 rings (SSSR count). The highest BCUT2D eigenvalue weighted by atomic mass is 35.5. The zero-order valence-corrected chi connectivity index (χ0v) is 10.3. The lowest BCUT2D eigenvalue weighted by atomic mass is 10.2. The third kappa shape index (κ3) is 2.48. The third-order valence-corrected chi connectivity index (χ3v) is 3.16. The number of fused-ring (bicyclic) bond motifs is 1. The van der Waals surface area contributed by atoms with Crippen LogP contribution < -0.4 is 5.73 Å². The van der Waals surface area contributed by atoms with Gasteiger partial charge in [0, 0.05) is 6.42 Å². The summed E-state index contributed by atoms with van der Waals surface area (Å²) >= 11 is 11.8. The lowest BCUT2D eigenvalue weighted by Crippen LogP contribution is -1.99. The maximum absolute atomic E-state index is 5.93. The van der Waals surface area contributed by atoms with Gasteiger partial charge < -0.3 is 10.7 Å². The van der Waals surface area contributed by atoms with E-state index in [1.807, 2.05) is 0 Å². The Morgan fingerprint density at radius 1 is 1.19 bits per heavy atom. The Morgan fingerprint density at radius 2 is 1.94 bits per heavy atom. The number of aromatic amines is 1. The Balaban J connectivity index is 2.23. The average Bonchev–Trinajstić information content (AvgIpc) is 2.61. The molecule has 16 heavy (non-hydrogen) atoms. The number of imidazole rings is 1. The lowest BCUT2D eigenvalue weighted by Gasteiger charge is -1.94. The second-order valence-corrected chi connectivity index (χ2v) is 4.53. The zero-order chi connectivity index (χ0) is 11.5. The molecular weight excluding hydrogens is 245 g/mol. The highest BCUT2D eigenvalue weighted by Gasteiger charge is 2.06. The first kappa shape index (κ1) is 11.7. The molecule has 0 aliphatic heterocycles. The summed E-state index contributed by atoms with van der Waals surface area (Å²) in [6.45, 7) is 0.720. The normalized spacial score (nSPS) is 11.2. The number of halogens is 2. The number of aryl methyl sites for hydroxylation is 1. The number of benzene rings is 1. The number of nitrogens with two attached hydrogens (primary N) is 1. The van der Waals surface area contributed by atoms with Crippen LogP contribution in [0.2, 0.25) is 10.0 Å². The van der Waals surface area contributed by atoms with E-state index in [1.165, 1.54) is 0 Å². The summed E-state index contributed by atoms with van der Waals surface area (Å²) in [6.07, 6.45) is 2.96. The quantitative estimate of drug-likeness (QED) is 0.827. The number of unbranched alkanes of at least 4 members (excludes halogenated alkanes) is 1. The number of H-pyrrole nitrogens is 1. The van der Waals surface area contributed by atoms with Crippen molar-refractivity contribution >= 4 is 34.2 Å². The second-order valence-electron chi connectivity index (χ2n) is 3.71. The van der Waals surface area contributed by atoms with Crippen molar-refractivity contribution < 1.29 is 0 Å². The van der Waals surface area contributed by atoms with Crippen molar-refractivity contribution in [3.8, 4) is 0 Å². The lowest BCUT2D eigenvalue weighted by molar-refractivity contribution is 0.724. The van der Waals surface area contributed by atoms with Gasteiger partial charge in [-0.1, -0.05) is 23.2 Å². The first-order valence-corrected chi connectivity index (χ1v) is 6.00. The highest BCUT2D eigenvalue weighted by molar-refractivity contribution is 6.42. The van der Waals surface area contributed by atoms with Gasteiger partial charge in [0.1, 0.15) is 5.82 Å². The van der Waals surface area contributed by atoms with Gasteiger partial charge in [0.2, 0.25) is 0 Å². The summed E-state index contributed by atoms with van der Waals surface area (Å²) < 4.78 is 0. The molecule has 0 aliphatic carbocycles. The molecule has 0 atom stereocenters. The Labute approximate surface area is 104 Å². The molecule has 0 fully saturated rings. The van der Waals surface area contributed by atoms with Gasteiger partial charge in [0.05, 0.1) is 21.1 Å². The molecule has 0 aliphatic rings. The fraction of sp³-hybridized carbons (Fsp3) is 0.364. The summed E-state index contributed by atoms with van der Waals surface area (Å²) in [6, 6.07) is 3.58. The minimum absolute atomic E-state index is 0.536. The van der Waals surface area contributed by atoms with Crippen LogP contribution in [0.3, 0.4) is 0 Å². The second kappa shape index (κ2) is 5.04. The van der Waals surface area contributed by atoms with Gasteiger partial charge in [-0.05, 0) is 31.5 Å². The van der Waals surface area contributed by atoms with E-state index in [4.69, 9.17) is 28.9 Å². The van der Waals surface area contributed by atoms with Gasteiger partial charge in [0.25, 0.3) is 0 Å². The van der Waals surface area contributed by atoms with Gasteiger partial charge >= 0.3 is 0 Å². The minimum atomic E-state index is 0.536. The van der Waals surface area contributed by atoms with Crippen LogP contribution in [0.1, 0.15) is 18.7 Å². The smallest absolute Gasteiger partial charge is 0.107 e. The first-order chi connectivity index (χ1) is 7.70. The molecule has 0 spiro atoms. The van der Waals surface area contributed by atoms with E-state index in [-0.39, 0.29) is 0 Å². The summed E-state index contributed by atoms with van der Waals surface area (Å²) in [5.74, 6) is 0.960. The molecule has 1 heterocycles. The number of rotatable bonds is 4. The molecule has 5 heteroatoms. The molecular formula is C11H13Cl2N3. The van der Waals surface area contributed by atoms with Gasteiger partial charge in [-0.3, -0.25) is 0 Å². The average molecular weight is 258 g/mol. The standard InChI is InChI=1S/C11H13Cl2N3/c12-7-5-9-10(6-8(7)13)16-11(15-9)3-1-2-4-14/h5-6H,1-4,14H2,(H,15,16). The van der Waals surface area contributed by atoms with Crippen LogP contribution >= 0.6 is 23.2 Å². The molecule has 0 radical (unpaired) electrons. The number of nitrogens with zero attached hydrogens (tertiary/aromatic N) is 1. The van der Waals surface area contributed by atoms with Crippen LogP contribution in [0, 0.1) is 0 Å². The number of hydrogen-bond acceptors (Lipinski definition) is 2. The summed E-state index contributed by atoms with van der Waals surface area (Å²) in [7, 11) is 0. The van der Waals surface area contributed by atoms with Crippen LogP contribution in [0.4, 0.5) is 0 Å². The van der Waals surface area contributed by atoms with E-state index in [9.17, 15) is 0 Å². The van der Waals surface area contributed by atoms with Crippen molar-refractivity contribution in [1.29, 1.82) is 0 Å². The maximum Gasteiger partial charge on any atom is 0.107 e. The molecule has 0 bridgehead atoms. The molecule has 0 unspecified atom stereocenters. The number of nitrogens with one attached hydrogen (secondary N) is 1. The summed E-state index contributed by atoms with van der Waals surface area (Å²) in [4.78, 5) is 7.67. The van der Waals surface area contributed by atoms with Crippen molar-refractivity contribution in [2.24, 2.45) is 5.73 Å². The molecule has 2 aromatic rings. The van der Waals surface area contributed by atoms with E-state index in [0.29, 0.717) is 10.0 Å². The fourth-order valence-electron chi connectivity index (χ4n) is 1.61. The summed E-state index contributed by atoms with van der Waals surface area (Å²) in [5, 5.41) is 1.08. The van der Waals surface area contributed by atoms with E-state index in [2.05, 4.69) is 9.97 Å². The van der Waals surface area contributed by atoms with Crippen LogP contribution in [-0.4, -0.2) is 16.5 Å². The highest BCUT2D eigenvalue weighted by Crippen LogP contribution is 2.26. The van der Waals surface area contributed by atoms with E-state index in [0.717, 1.165) is 42.7 Å². The molecule has 0 amide bonds. The number of aromatic nitrogens is 2. The van der Waals surface area contributed by atoms with Crippen molar-refractivity contribution in [2.75, 3.05) is 6.54 Å². The van der Waals surface area contributed by atoms with E-state index in [1.54, 1.807) is 12.1 Å². The molecule has 1 aromatic carbocycles. The van der Waals surface area contributed by atoms with Gasteiger partial charge in [0.15, 0.2) is 0 Å². The van der Waals surface area contributed by atoms with E-state index >= 15 is 0 Å².